The Bertz CT molecular complexity index is 665. The van der Waals surface area contributed by atoms with Crippen molar-refractivity contribution >= 4 is 28.2 Å². The summed E-state index contributed by atoms with van der Waals surface area (Å²) in [6.45, 7) is 0. The molecular formula is C14H15N3O3S. The van der Waals surface area contributed by atoms with Crippen LogP contribution in [0.25, 0.3) is 11.8 Å². The van der Waals surface area contributed by atoms with Crippen LogP contribution in [-0.2, 0) is 0 Å². The molecule has 0 aliphatic heterocycles. The smallest absolute Gasteiger partial charge is 0.278 e. The maximum Gasteiger partial charge on any atom is 0.278 e. The Morgan fingerprint density at radius 3 is 2.57 bits per heavy atom. The maximum atomic E-state index is 11.3. The van der Waals surface area contributed by atoms with Crippen molar-refractivity contribution in [3.8, 4) is 5.88 Å². The Hall–Kier alpha value is -2.41. The zero-order valence-electron chi connectivity index (χ0n) is 11.9. The lowest BCUT2D eigenvalue weighted by Gasteiger charge is -2.04. The molecule has 0 radical (unpaired) electrons. The van der Waals surface area contributed by atoms with E-state index in [1.54, 1.807) is 24.3 Å². The quantitative estimate of drug-likeness (QED) is 0.627. The second-order valence-corrected chi connectivity index (χ2v) is 5.43. The number of hydrogen-bond acceptors (Lipinski definition) is 6. The molecule has 0 spiro atoms. The first kappa shape index (κ1) is 15.0. The molecule has 0 aliphatic carbocycles. The number of benzene rings is 1. The van der Waals surface area contributed by atoms with Gasteiger partial charge in [-0.2, -0.15) is 4.98 Å². The van der Waals surface area contributed by atoms with Gasteiger partial charge in [-0.1, -0.05) is 29.5 Å². The Morgan fingerprint density at radius 2 is 2.05 bits per heavy atom. The first-order chi connectivity index (χ1) is 10.0. The van der Waals surface area contributed by atoms with Gasteiger partial charge in [-0.3, -0.25) is 10.1 Å². The Kier molecular flexibility index (Phi) is 4.54. The Balaban J connectivity index is 2.51. The summed E-state index contributed by atoms with van der Waals surface area (Å²) in [5.41, 5.74) is 0.562. The number of anilines is 1. The summed E-state index contributed by atoms with van der Waals surface area (Å²) in [7, 11) is 5.22. The first-order valence-electron chi connectivity index (χ1n) is 6.16. The molecule has 2 aromatic rings. The summed E-state index contributed by atoms with van der Waals surface area (Å²) in [6, 6.07) is 8.76. The van der Waals surface area contributed by atoms with E-state index in [2.05, 4.69) is 4.98 Å². The number of thiazole rings is 1. The molecular weight excluding hydrogens is 290 g/mol. The van der Waals surface area contributed by atoms with Crippen molar-refractivity contribution in [2.75, 3.05) is 26.1 Å². The number of nitrogens with zero attached hydrogens (tertiary/aromatic N) is 3. The number of ether oxygens (including phenoxy) is 1. The van der Waals surface area contributed by atoms with Crippen molar-refractivity contribution in [1.29, 1.82) is 0 Å². The molecule has 0 saturated carbocycles. The highest BCUT2D eigenvalue weighted by Gasteiger charge is 2.18. The summed E-state index contributed by atoms with van der Waals surface area (Å²) in [4.78, 5) is 17.7. The van der Waals surface area contributed by atoms with Crippen LogP contribution in [0.3, 0.4) is 0 Å². The minimum Gasteiger partial charge on any atom is -0.480 e. The van der Waals surface area contributed by atoms with Crippen LogP contribution in [0.5, 0.6) is 5.88 Å². The number of methoxy groups -OCH3 is 1. The fourth-order valence-electron chi connectivity index (χ4n) is 1.71. The zero-order valence-corrected chi connectivity index (χ0v) is 12.8. The van der Waals surface area contributed by atoms with Crippen molar-refractivity contribution in [1.82, 2.24) is 4.98 Å². The monoisotopic (exact) mass is 305 g/mol. The van der Waals surface area contributed by atoms with E-state index in [4.69, 9.17) is 4.74 Å². The highest BCUT2D eigenvalue weighted by atomic mass is 32.1. The third-order valence-electron chi connectivity index (χ3n) is 2.72. The van der Waals surface area contributed by atoms with Gasteiger partial charge in [0.1, 0.15) is 0 Å². The number of nitro groups is 1. The van der Waals surface area contributed by atoms with Gasteiger partial charge in [-0.25, -0.2) is 0 Å². The standard InChI is InChI=1S/C14H15N3O3S/c1-16(2)14-15-13(20-3)12(21-14)9-11(17(18)19)10-7-5-4-6-8-10/h4-9H,1-3H3. The SMILES string of the molecule is COc1nc(N(C)C)sc1C=C(c1ccccc1)[N+](=O)[O-]. The van der Waals surface area contributed by atoms with E-state index in [1.807, 2.05) is 25.1 Å². The summed E-state index contributed by atoms with van der Waals surface area (Å²) in [6.07, 6.45) is 1.50. The van der Waals surface area contributed by atoms with Crippen molar-refractivity contribution in [3.05, 3.63) is 50.9 Å². The highest BCUT2D eigenvalue weighted by molar-refractivity contribution is 7.16. The van der Waals surface area contributed by atoms with Gasteiger partial charge in [0.05, 0.1) is 22.5 Å². The van der Waals surface area contributed by atoms with Crippen molar-refractivity contribution < 1.29 is 9.66 Å². The molecule has 0 saturated heterocycles. The number of hydrogen-bond donors (Lipinski definition) is 0. The molecule has 1 aromatic heterocycles. The average Bonchev–Trinajstić information content (AvgIpc) is 2.88. The van der Waals surface area contributed by atoms with E-state index in [0.29, 0.717) is 16.3 Å². The minimum atomic E-state index is -0.399. The van der Waals surface area contributed by atoms with Gasteiger partial charge >= 0.3 is 0 Å². The molecule has 2 rings (SSSR count). The third-order valence-corrected chi connectivity index (χ3v) is 3.87. The molecule has 21 heavy (non-hydrogen) atoms. The molecule has 110 valence electrons. The highest BCUT2D eigenvalue weighted by Crippen LogP contribution is 2.33. The molecule has 7 heteroatoms. The van der Waals surface area contributed by atoms with E-state index in [9.17, 15) is 10.1 Å². The molecule has 0 atom stereocenters. The van der Waals surface area contributed by atoms with Gasteiger partial charge in [0.2, 0.25) is 5.88 Å². The number of rotatable bonds is 5. The van der Waals surface area contributed by atoms with Gasteiger partial charge in [0.25, 0.3) is 5.70 Å². The topological polar surface area (TPSA) is 68.5 Å². The van der Waals surface area contributed by atoms with Gasteiger partial charge < -0.3 is 9.64 Å². The van der Waals surface area contributed by atoms with Crippen LogP contribution in [0, 0.1) is 10.1 Å². The Morgan fingerprint density at radius 1 is 1.38 bits per heavy atom. The summed E-state index contributed by atoms with van der Waals surface area (Å²) < 4.78 is 5.20. The molecule has 1 heterocycles. The largest absolute Gasteiger partial charge is 0.480 e. The van der Waals surface area contributed by atoms with E-state index in [0.717, 1.165) is 5.13 Å². The van der Waals surface area contributed by atoms with Crippen LogP contribution in [-0.4, -0.2) is 31.1 Å². The van der Waals surface area contributed by atoms with E-state index >= 15 is 0 Å². The molecule has 0 aliphatic rings. The average molecular weight is 305 g/mol. The molecule has 6 nitrogen and oxygen atoms in total. The van der Waals surface area contributed by atoms with Gasteiger partial charge in [0, 0.05) is 20.2 Å². The van der Waals surface area contributed by atoms with Crippen molar-refractivity contribution in [2.24, 2.45) is 0 Å². The van der Waals surface area contributed by atoms with E-state index in [1.165, 1.54) is 24.5 Å². The molecule has 0 bridgehead atoms. The van der Waals surface area contributed by atoms with Crippen molar-refractivity contribution in [2.45, 2.75) is 0 Å². The lowest BCUT2D eigenvalue weighted by Crippen LogP contribution is -2.07. The molecule has 1 aromatic carbocycles. The fraction of sp³-hybridized carbons (Fsp3) is 0.214. The fourth-order valence-corrected chi connectivity index (χ4v) is 2.60. The van der Waals surface area contributed by atoms with Crippen LogP contribution in [0.15, 0.2) is 30.3 Å². The minimum absolute atomic E-state index is 0.0165. The van der Waals surface area contributed by atoms with Crippen LogP contribution in [0.2, 0.25) is 0 Å². The van der Waals surface area contributed by atoms with Gasteiger partial charge in [-0.15, -0.1) is 0 Å². The first-order valence-corrected chi connectivity index (χ1v) is 6.98. The molecule has 0 fully saturated rings. The third kappa shape index (κ3) is 3.38. The van der Waals surface area contributed by atoms with E-state index in [-0.39, 0.29) is 5.70 Å². The normalized spacial score (nSPS) is 11.3. The predicted octanol–water partition coefficient (Wildman–Crippen LogP) is 2.99. The maximum absolute atomic E-state index is 11.3. The zero-order chi connectivity index (χ0) is 15.4. The summed E-state index contributed by atoms with van der Waals surface area (Å²) >= 11 is 1.34. The van der Waals surface area contributed by atoms with Crippen LogP contribution in [0.4, 0.5) is 5.13 Å². The van der Waals surface area contributed by atoms with Gasteiger partial charge in [0.15, 0.2) is 5.13 Å². The lowest BCUT2D eigenvalue weighted by atomic mass is 10.1. The molecule has 0 N–H and O–H groups in total. The van der Waals surface area contributed by atoms with Crippen LogP contribution in [0.1, 0.15) is 10.4 Å². The second-order valence-electron chi connectivity index (χ2n) is 4.42. The van der Waals surface area contributed by atoms with Crippen molar-refractivity contribution in [3.63, 3.8) is 0 Å². The Labute approximate surface area is 126 Å². The lowest BCUT2D eigenvalue weighted by molar-refractivity contribution is -0.374. The van der Waals surface area contributed by atoms with E-state index < -0.39 is 4.92 Å². The summed E-state index contributed by atoms with van der Waals surface area (Å²) in [5.74, 6) is 0.388. The van der Waals surface area contributed by atoms with Crippen LogP contribution >= 0.6 is 11.3 Å². The predicted molar refractivity (Wildman–Crippen MR) is 84.3 cm³/mol. The van der Waals surface area contributed by atoms with Gasteiger partial charge in [-0.05, 0) is 12.1 Å². The van der Waals surface area contributed by atoms with Crippen LogP contribution < -0.4 is 9.64 Å². The summed E-state index contributed by atoms with van der Waals surface area (Å²) in [5, 5.41) is 12.0. The molecule has 0 unspecified atom stereocenters. The second kappa shape index (κ2) is 6.36. The number of aromatic nitrogens is 1. The molecule has 0 amide bonds.